The average Bonchev–Trinajstić information content (AvgIpc) is 3.31. The number of hydrogen-bond acceptors (Lipinski definition) is 5. The lowest BCUT2D eigenvalue weighted by molar-refractivity contribution is -0.385. The van der Waals surface area contributed by atoms with Gasteiger partial charge in [-0.3, -0.25) is 19.7 Å². The summed E-state index contributed by atoms with van der Waals surface area (Å²) >= 11 is 0. The second-order valence-corrected chi connectivity index (χ2v) is 8.16. The Hall–Kier alpha value is -3.42. The van der Waals surface area contributed by atoms with E-state index >= 15 is 0 Å². The summed E-state index contributed by atoms with van der Waals surface area (Å²) in [5, 5.41) is 16.8. The normalized spacial score (nSPS) is 14.1. The molecule has 1 aliphatic heterocycles. The number of nitrogens with one attached hydrogen (secondary N) is 2. The first-order valence-electron chi connectivity index (χ1n) is 11.1. The maximum Gasteiger partial charge on any atom is 0.272 e. The second kappa shape index (κ2) is 10.7. The first-order chi connectivity index (χ1) is 15.4. The van der Waals surface area contributed by atoms with Crippen LogP contribution >= 0.6 is 0 Å². The van der Waals surface area contributed by atoms with Gasteiger partial charge in [0.05, 0.1) is 4.92 Å². The number of benzene rings is 2. The number of amides is 2. The highest BCUT2D eigenvalue weighted by Crippen LogP contribution is 2.24. The molecule has 170 valence electrons. The average molecular weight is 439 g/mol. The first kappa shape index (κ1) is 23.2. The van der Waals surface area contributed by atoms with Gasteiger partial charge in [0, 0.05) is 41.7 Å². The van der Waals surface area contributed by atoms with Gasteiger partial charge >= 0.3 is 0 Å². The molecule has 1 unspecified atom stereocenters. The molecular weight excluding hydrogens is 408 g/mol. The summed E-state index contributed by atoms with van der Waals surface area (Å²) < 4.78 is 0. The third-order valence-corrected chi connectivity index (χ3v) is 5.71. The number of aryl methyl sites for hydroxylation is 1. The van der Waals surface area contributed by atoms with Crippen LogP contribution in [0.5, 0.6) is 0 Å². The number of carbonyl (C=O) groups excluding carboxylic acids is 2. The van der Waals surface area contributed by atoms with E-state index < -0.39 is 16.9 Å². The number of unbranched alkanes of at least 4 members (excludes halogenated alkanes) is 1. The van der Waals surface area contributed by atoms with Crippen LogP contribution in [0.25, 0.3) is 0 Å². The van der Waals surface area contributed by atoms with Crippen LogP contribution in [0.15, 0.2) is 42.5 Å². The molecule has 0 bridgehead atoms. The van der Waals surface area contributed by atoms with E-state index in [4.69, 9.17) is 0 Å². The SMILES string of the molecule is CCCCC(NC(=O)c1ccc([N+](=O)[O-])c(C)c1)C(=O)Nc1cccc(N2CCCC2)c1. The lowest BCUT2D eigenvalue weighted by Crippen LogP contribution is -2.43. The quantitative estimate of drug-likeness (QED) is 0.445. The molecule has 1 aliphatic rings. The van der Waals surface area contributed by atoms with Crippen molar-refractivity contribution < 1.29 is 14.5 Å². The molecule has 32 heavy (non-hydrogen) atoms. The van der Waals surface area contributed by atoms with Crippen molar-refractivity contribution in [2.45, 2.75) is 52.0 Å². The largest absolute Gasteiger partial charge is 0.371 e. The number of nitro benzene ring substituents is 1. The van der Waals surface area contributed by atoms with E-state index in [0.717, 1.165) is 31.6 Å². The molecule has 0 aliphatic carbocycles. The molecular formula is C24H30N4O4. The van der Waals surface area contributed by atoms with Crippen molar-refractivity contribution in [1.29, 1.82) is 0 Å². The monoisotopic (exact) mass is 438 g/mol. The van der Waals surface area contributed by atoms with Crippen molar-refractivity contribution in [3.05, 3.63) is 63.7 Å². The minimum atomic E-state index is -0.701. The van der Waals surface area contributed by atoms with Crippen LogP contribution in [0.2, 0.25) is 0 Å². The van der Waals surface area contributed by atoms with Gasteiger partial charge in [-0.15, -0.1) is 0 Å². The first-order valence-corrected chi connectivity index (χ1v) is 11.1. The van der Waals surface area contributed by atoms with Crippen LogP contribution in [0, 0.1) is 17.0 Å². The molecule has 0 spiro atoms. The highest BCUT2D eigenvalue weighted by Gasteiger charge is 2.23. The fraction of sp³-hybridized carbons (Fsp3) is 0.417. The maximum absolute atomic E-state index is 13.0. The Kier molecular flexibility index (Phi) is 7.81. The second-order valence-electron chi connectivity index (χ2n) is 8.16. The molecule has 3 rings (SSSR count). The van der Waals surface area contributed by atoms with Crippen molar-refractivity contribution in [2.75, 3.05) is 23.3 Å². The summed E-state index contributed by atoms with van der Waals surface area (Å²) in [5.41, 5.74) is 2.42. The number of nitro groups is 1. The fourth-order valence-corrected chi connectivity index (χ4v) is 3.91. The van der Waals surface area contributed by atoms with Gasteiger partial charge in [-0.2, -0.15) is 0 Å². The Morgan fingerprint density at radius 3 is 2.56 bits per heavy atom. The van der Waals surface area contributed by atoms with Gasteiger partial charge in [0.15, 0.2) is 0 Å². The minimum Gasteiger partial charge on any atom is -0.371 e. The van der Waals surface area contributed by atoms with E-state index in [9.17, 15) is 19.7 Å². The Morgan fingerprint density at radius 2 is 1.91 bits per heavy atom. The molecule has 0 aromatic heterocycles. The van der Waals surface area contributed by atoms with E-state index in [0.29, 0.717) is 23.2 Å². The van der Waals surface area contributed by atoms with Crippen LogP contribution in [0.1, 0.15) is 54.9 Å². The van der Waals surface area contributed by atoms with E-state index in [2.05, 4.69) is 15.5 Å². The predicted molar refractivity (Wildman–Crippen MR) is 125 cm³/mol. The van der Waals surface area contributed by atoms with Gasteiger partial charge in [0.1, 0.15) is 6.04 Å². The summed E-state index contributed by atoms with van der Waals surface area (Å²) in [6, 6.07) is 11.3. The van der Waals surface area contributed by atoms with Crippen molar-refractivity contribution >= 4 is 28.9 Å². The highest BCUT2D eigenvalue weighted by molar-refractivity contribution is 6.01. The molecule has 0 radical (unpaired) electrons. The summed E-state index contributed by atoms with van der Waals surface area (Å²) in [6.45, 7) is 5.64. The van der Waals surface area contributed by atoms with Gasteiger partial charge < -0.3 is 15.5 Å². The summed E-state index contributed by atoms with van der Waals surface area (Å²) in [4.78, 5) is 38.6. The lowest BCUT2D eigenvalue weighted by atomic mass is 10.1. The smallest absolute Gasteiger partial charge is 0.272 e. The topological polar surface area (TPSA) is 105 Å². The number of hydrogen-bond donors (Lipinski definition) is 2. The lowest BCUT2D eigenvalue weighted by Gasteiger charge is -2.21. The number of nitrogens with zero attached hydrogens (tertiary/aromatic N) is 2. The molecule has 2 aromatic carbocycles. The number of anilines is 2. The van der Waals surface area contributed by atoms with Crippen molar-refractivity contribution in [2.24, 2.45) is 0 Å². The van der Waals surface area contributed by atoms with E-state index in [1.165, 1.54) is 31.0 Å². The standard InChI is InChI=1S/C24H30N4O4/c1-3-4-10-21(26-23(29)18-11-12-22(28(31)32)17(2)15-18)24(30)25-19-8-7-9-20(16-19)27-13-5-6-14-27/h7-9,11-12,15-16,21H,3-6,10,13-14H2,1-2H3,(H,25,30)(H,26,29). The molecule has 2 amide bonds. The van der Waals surface area contributed by atoms with Gasteiger partial charge in [0.25, 0.3) is 11.6 Å². The van der Waals surface area contributed by atoms with Crippen LogP contribution in [0.3, 0.4) is 0 Å². The Morgan fingerprint density at radius 1 is 1.16 bits per heavy atom. The molecule has 1 heterocycles. The van der Waals surface area contributed by atoms with Gasteiger partial charge in [0.2, 0.25) is 5.91 Å². The van der Waals surface area contributed by atoms with Crippen LogP contribution in [-0.4, -0.2) is 35.9 Å². The van der Waals surface area contributed by atoms with Crippen LogP contribution < -0.4 is 15.5 Å². The molecule has 1 fully saturated rings. The minimum absolute atomic E-state index is 0.0419. The van der Waals surface area contributed by atoms with Gasteiger partial charge in [-0.25, -0.2) is 0 Å². The summed E-state index contributed by atoms with van der Waals surface area (Å²) in [6.07, 6.45) is 4.52. The molecule has 8 nitrogen and oxygen atoms in total. The van der Waals surface area contributed by atoms with Crippen molar-refractivity contribution in [3.8, 4) is 0 Å². The molecule has 2 N–H and O–H groups in total. The zero-order valence-corrected chi connectivity index (χ0v) is 18.6. The van der Waals surface area contributed by atoms with Gasteiger partial charge in [-0.1, -0.05) is 25.8 Å². The third kappa shape index (κ3) is 5.84. The molecule has 0 saturated carbocycles. The van der Waals surface area contributed by atoms with Crippen LogP contribution in [0.4, 0.5) is 17.1 Å². The van der Waals surface area contributed by atoms with Crippen molar-refractivity contribution in [1.82, 2.24) is 5.32 Å². The summed E-state index contributed by atoms with van der Waals surface area (Å²) in [5.74, 6) is -0.700. The van der Waals surface area contributed by atoms with E-state index in [1.807, 2.05) is 31.2 Å². The fourth-order valence-electron chi connectivity index (χ4n) is 3.91. The maximum atomic E-state index is 13.0. The Balaban J connectivity index is 1.71. The van der Waals surface area contributed by atoms with Crippen molar-refractivity contribution in [3.63, 3.8) is 0 Å². The zero-order chi connectivity index (χ0) is 23.1. The zero-order valence-electron chi connectivity index (χ0n) is 18.6. The van der Waals surface area contributed by atoms with Gasteiger partial charge in [-0.05, 0) is 56.5 Å². The molecule has 1 saturated heterocycles. The number of rotatable bonds is 9. The summed E-state index contributed by atoms with van der Waals surface area (Å²) in [7, 11) is 0. The highest BCUT2D eigenvalue weighted by atomic mass is 16.6. The number of carbonyl (C=O) groups is 2. The van der Waals surface area contributed by atoms with E-state index in [-0.39, 0.29) is 11.6 Å². The molecule has 8 heteroatoms. The van der Waals surface area contributed by atoms with E-state index in [1.54, 1.807) is 6.92 Å². The van der Waals surface area contributed by atoms with Crippen LogP contribution in [-0.2, 0) is 4.79 Å². The predicted octanol–water partition coefficient (Wildman–Crippen LogP) is 4.43. The molecule has 1 atom stereocenters. The molecule has 2 aromatic rings. The Bertz CT molecular complexity index is 986. The third-order valence-electron chi connectivity index (χ3n) is 5.71. The Labute approximate surface area is 188 Å².